The van der Waals surface area contributed by atoms with Crippen molar-refractivity contribution in [3.63, 3.8) is 0 Å². The van der Waals surface area contributed by atoms with E-state index in [-0.39, 0.29) is 5.91 Å². The number of carbonyl (C=O) groups excluding carboxylic acids is 1. The van der Waals surface area contributed by atoms with Crippen molar-refractivity contribution in [2.75, 3.05) is 57.3 Å². The first-order chi connectivity index (χ1) is 15.7. The Morgan fingerprint density at radius 3 is 2.50 bits per heavy atom. The molecular formula is C25H40N6O. The molecule has 1 amide bonds. The molecule has 0 aromatic heterocycles. The van der Waals surface area contributed by atoms with Gasteiger partial charge in [-0.1, -0.05) is 31.0 Å². The number of aliphatic imine (C=N–C) groups is 1. The van der Waals surface area contributed by atoms with Crippen molar-refractivity contribution in [3.05, 3.63) is 30.3 Å². The first kappa shape index (κ1) is 22.9. The maximum absolute atomic E-state index is 12.7. The quantitative estimate of drug-likeness (QED) is 0.503. The standard InChI is InChI=1S/C25H40N6O/c1-2-26-25(28-21-13-15-31(20-21)23-10-6-7-11-23)27-14-12-24(32)30-18-16-29(17-19-30)22-8-4-3-5-9-22/h3-5,8-9,21,23H,2,6-7,10-20H2,1H3,(H2,26,27,28). The minimum Gasteiger partial charge on any atom is -0.368 e. The molecule has 176 valence electrons. The molecule has 1 unspecified atom stereocenters. The fourth-order valence-corrected chi connectivity index (χ4v) is 5.29. The van der Waals surface area contributed by atoms with E-state index in [1.165, 1.54) is 44.3 Å². The third-order valence-corrected chi connectivity index (χ3v) is 7.10. The van der Waals surface area contributed by atoms with Crippen LogP contribution in [0.25, 0.3) is 0 Å². The summed E-state index contributed by atoms with van der Waals surface area (Å²) in [7, 11) is 0. The van der Waals surface area contributed by atoms with E-state index < -0.39 is 0 Å². The van der Waals surface area contributed by atoms with Gasteiger partial charge in [0.1, 0.15) is 0 Å². The maximum Gasteiger partial charge on any atom is 0.224 e. The lowest BCUT2D eigenvalue weighted by atomic mass is 10.2. The number of para-hydroxylation sites is 1. The van der Waals surface area contributed by atoms with Gasteiger partial charge in [0.2, 0.25) is 5.91 Å². The molecular weight excluding hydrogens is 400 g/mol. The zero-order valence-electron chi connectivity index (χ0n) is 19.6. The molecule has 1 aliphatic carbocycles. The average molecular weight is 441 g/mol. The summed E-state index contributed by atoms with van der Waals surface area (Å²) in [6.45, 7) is 9.11. The van der Waals surface area contributed by atoms with Crippen LogP contribution in [-0.4, -0.2) is 86.1 Å². The van der Waals surface area contributed by atoms with E-state index in [0.717, 1.165) is 51.3 Å². The fourth-order valence-electron chi connectivity index (χ4n) is 5.29. The van der Waals surface area contributed by atoms with Crippen molar-refractivity contribution in [1.29, 1.82) is 0 Å². The largest absolute Gasteiger partial charge is 0.368 e. The van der Waals surface area contributed by atoms with Crippen molar-refractivity contribution < 1.29 is 4.79 Å². The summed E-state index contributed by atoms with van der Waals surface area (Å²) in [4.78, 5) is 24.4. The van der Waals surface area contributed by atoms with E-state index in [9.17, 15) is 4.79 Å². The number of carbonyl (C=O) groups is 1. The monoisotopic (exact) mass is 440 g/mol. The van der Waals surface area contributed by atoms with Gasteiger partial charge in [0.05, 0.1) is 6.54 Å². The summed E-state index contributed by atoms with van der Waals surface area (Å²) >= 11 is 0. The van der Waals surface area contributed by atoms with E-state index in [1.54, 1.807) is 0 Å². The van der Waals surface area contributed by atoms with E-state index >= 15 is 0 Å². The van der Waals surface area contributed by atoms with E-state index in [0.29, 0.717) is 19.0 Å². The lowest BCUT2D eigenvalue weighted by Gasteiger charge is -2.36. The van der Waals surface area contributed by atoms with Crippen molar-refractivity contribution in [1.82, 2.24) is 20.4 Å². The Labute approximate surface area is 193 Å². The third kappa shape index (κ3) is 6.15. The number of nitrogens with zero attached hydrogens (tertiary/aromatic N) is 4. The Kier molecular flexibility index (Phi) is 8.26. The summed E-state index contributed by atoms with van der Waals surface area (Å²) in [6, 6.07) is 11.7. The van der Waals surface area contributed by atoms with Gasteiger partial charge in [-0.3, -0.25) is 14.7 Å². The molecule has 2 saturated heterocycles. The number of benzene rings is 1. The minimum atomic E-state index is 0.214. The van der Waals surface area contributed by atoms with Crippen LogP contribution in [0.1, 0.15) is 45.4 Å². The summed E-state index contributed by atoms with van der Waals surface area (Å²) in [5.74, 6) is 1.07. The number of amides is 1. The number of piperazine rings is 1. The number of hydrogen-bond acceptors (Lipinski definition) is 4. The van der Waals surface area contributed by atoms with Crippen LogP contribution in [0.4, 0.5) is 5.69 Å². The second-order valence-electron chi connectivity index (χ2n) is 9.28. The first-order valence-corrected chi connectivity index (χ1v) is 12.6. The minimum absolute atomic E-state index is 0.214. The Balaban J connectivity index is 1.19. The summed E-state index contributed by atoms with van der Waals surface area (Å²) in [5.41, 5.74) is 1.24. The van der Waals surface area contributed by atoms with Gasteiger partial charge >= 0.3 is 0 Å². The normalized spacial score (nSPS) is 23.0. The molecule has 4 rings (SSSR count). The van der Waals surface area contributed by atoms with Gasteiger partial charge in [-0.2, -0.15) is 0 Å². The number of hydrogen-bond donors (Lipinski definition) is 2. The predicted molar refractivity (Wildman–Crippen MR) is 131 cm³/mol. The highest BCUT2D eigenvalue weighted by atomic mass is 16.2. The van der Waals surface area contributed by atoms with Crippen LogP contribution in [0, 0.1) is 0 Å². The molecule has 1 aromatic carbocycles. The Bertz CT molecular complexity index is 740. The highest BCUT2D eigenvalue weighted by molar-refractivity contribution is 5.81. The lowest BCUT2D eigenvalue weighted by molar-refractivity contribution is -0.131. The van der Waals surface area contributed by atoms with Gasteiger partial charge in [-0.15, -0.1) is 0 Å². The second kappa shape index (κ2) is 11.5. The van der Waals surface area contributed by atoms with E-state index in [4.69, 9.17) is 4.99 Å². The maximum atomic E-state index is 12.7. The van der Waals surface area contributed by atoms with Gasteiger partial charge < -0.3 is 20.4 Å². The molecule has 7 heteroatoms. The predicted octanol–water partition coefficient (Wildman–Crippen LogP) is 2.30. The van der Waals surface area contributed by atoms with Crippen molar-refractivity contribution in [2.45, 2.75) is 57.5 Å². The van der Waals surface area contributed by atoms with Crippen LogP contribution in [0.3, 0.4) is 0 Å². The molecule has 3 aliphatic rings. The number of nitrogens with one attached hydrogen (secondary N) is 2. The van der Waals surface area contributed by atoms with Crippen LogP contribution < -0.4 is 15.5 Å². The van der Waals surface area contributed by atoms with Gasteiger partial charge in [-0.25, -0.2) is 0 Å². The van der Waals surface area contributed by atoms with Crippen LogP contribution in [0.5, 0.6) is 0 Å². The summed E-state index contributed by atoms with van der Waals surface area (Å²) in [6.07, 6.45) is 7.15. The SMILES string of the molecule is CCNC(=NCCC(=O)N1CCN(c2ccccc2)CC1)NC1CCN(C2CCCC2)C1. The third-order valence-electron chi connectivity index (χ3n) is 7.10. The zero-order chi connectivity index (χ0) is 22.2. The van der Waals surface area contributed by atoms with E-state index in [1.807, 2.05) is 11.0 Å². The Morgan fingerprint density at radius 1 is 1.03 bits per heavy atom. The Morgan fingerprint density at radius 2 is 1.78 bits per heavy atom. The van der Waals surface area contributed by atoms with Crippen molar-refractivity contribution >= 4 is 17.6 Å². The Hall–Kier alpha value is -2.28. The molecule has 2 N–H and O–H groups in total. The number of rotatable bonds is 7. The van der Waals surface area contributed by atoms with Crippen molar-refractivity contribution in [2.24, 2.45) is 4.99 Å². The smallest absolute Gasteiger partial charge is 0.224 e. The van der Waals surface area contributed by atoms with E-state index in [2.05, 4.69) is 51.6 Å². The number of guanidine groups is 1. The lowest BCUT2D eigenvalue weighted by Crippen LogP contribution is -2.49. The first-order valence-electron chi connectivity index (χ1n) is 12.6. The number of anilines is 1. The van der Waals surface area contributed by atoms with Gasteiger partial charge in [0.25, 0.3) is 0 Å². The molecule has 3 fully saturated rings. The number of likely N-dealkylation sites (tertiary alicyclic amines) is 1. The second-order valence-corrected chi connectivity index (χ2v) is 9.28. The molecule has 2 aliphatic heterocycles. The zero-order valence-corrected chi connectivity index (χ0v) is 19.6. The van der Waals surface area contributed by atoms with Crippen LogP contribution >= 0.6 is 0 Å². The average Bonchev–Trinajstić information content (AvgIpc) is 3.52. The highest BCUT2D eigenvalue weighted by Gasteiger charge is 2.30. The van der Waals surface area contributed by atoms with Crippen LogP contribution in [0.2, 0.25) is 0 Å². The molecule has 1 aromatic rings. The van der Waals surface area contributed by atoms with Gasteiger partial charge in [-0.05, 0) is 38.3 Å². The molecule has 1 saturated carbocycles. The molecule has 1 atom stereocenters. The summed E-state index contributed by atoms with van der Waals surface area (Å²) < 4.78 is 0. The van der Waals surface area contributed by atoms with Gasteiger partial charge in [0, 0.05) is 70.0 Å². The fraction of sp³-hybridized carbons (Fsp3) is 0.680. The molecule has 32 heavy (non-hydrogen) atoms. The molecule has 7 nitrogen and oxygen atoms in total. The topological polar surface area (TPSA) is 63.2 Å². The van der Waals surface area contributed by atoms with Crippen LogP contribution in [0.15, 0.2) is 35.3 Å². The molecule has 0 spiro atoms. The van der Waals surface area contributed by atoms with Crippen molar-refractivity contribution in [3.8, 4) is 0 Å². The molecule has 0 bridgehead atoms. The van der Waals surface area contributed by atoms with Crippen LogP contribution in [-0.2, 0) is 4.79 Å². The highest BCUT2D eigenvalue weighted by Crippen LogP contribution is 2.26. The molecule has 0 radical (unpaired) electrons. The molecule has 2 heterocycles. The van der Waals surface area contributed by atoms with Gasteiger partial charge in [0.15, 0.2) is 5.96 Å². The summed E-state index contributed by atoms with van der Waals surface area (Å²) in [5, 5.41) is 6.97.